The van der Waals surface area contributed by atoms with Crippen LogP contribution < -0.4 is 5.32 Å². The summed E-state index contributed by atoms with van der Waals surface area (Å²) in [4.78, 5) is 14.0. The number of anilines is 1. The molecule has 0 atom stereocenters. The van der Waals surface area contributed by atoms with Gasteiger partial charge in [0.1, 0.15) is 5.82 Å². The highest BCUT2D eigenvalue weighted by molar-refractivity contribution is 5.78. The van der Waals surface area contributed by atoms with E-state index in [1.807, 2.05) is 6.92 Å². The van der Waals surface area contributed by atoms with E-state index >= 15 is 0 Å². The molecule has 10 heteroatoms. The molecule has 0 saturated carbocycles. The molecule has 2 N–H and O–H groups in total. The third kappa shape index (κ3) is 5.73. The minimum Gasteiger partial charge on any atom is -0.367 e. The molecule has 2 heterocycles. The summed E-state index contributed by atoms with van der Waals surface area (Å²) in [6.45, 7) is 3.32. The number of H-pyrrole nitrogens is 1. The molecule has 0 radical (unpaired) electrons. The first-order valence-corrected chi connectivity index (χ1v) is 7.81. The molecule has 2 aromatic rings. The van der Waals surface area contributed by atoms with Crippen LogP contribution in [0.15, 0.2) is 24.4 Å². The fraction of sp³-hybridized carbons (Fsp3) is 0.467. The number of rotatable bonds is 8. The Morgan fingerprint density at radius 3 is 2.60 bits per heavy atom. The Morgan fingerprint density at radius 1 is 1.24 bits per heavy atom. The third-order valence-corrected chi connectivity index (χ3v) is 3.39. The molecule has 0 bridgehead atoms. The van der Waals surface area contributed by atoms with Crippen molar-refractivity contribution in [2.75, 3.05) is 25.0 Å². The van der Waals surface area contributed by atoms with Crippen LogP contribution in [0.5, 0.6) is 0 Å². The van der Waals surface area contributed by atoms with E-state index in [-0.39, 0.29) is 18.1 Å². The van der Waals surface area contributed by atoms with Crippen LogP contribution in [0.1, 0.15) is 24.7 Å². The van der Waals surface area contributed by atoms with E-state index in [1.165, 1.54) is 6.07 Å². The van der Waals surface area contributed by atoms with Crippen LogP contribution in [0.4, 0.5) is 19.0 Å². The highest BCUT2D eigenvalue weighted by atomic mass is 19.4. The van der Waals surface area contributed by atoms with Gasteiger partial charge in [0.05, 0.1) is 6.42 Å². The maximum atomic E-state index is 12.4. The number of aromatic amines is 1. The first-order valence-electron chi connectivity index (χ1n) is 7.81. The van der Waals surface area contributed by atoms with E-state index in [9.17, 15) is 18.0 Å². The molecule has 25 heavy (non-hydrogen) atoms. The maximum absolute atomic E-state index is 12.4. The Kier molecular flexibility index (Phi) is 6.31. The lowest BCUT2D eigenvalue weighted by Gasteiger charge is -2.22. The van der Waals surface area contributed by atoms with E-state index < -0.39 is 11.9 Å². The lowest BCUT2D eigenvalue weighted by Crippen LogP contribution is -2.36. The first kappa shape index (κ1) is 18.7. The molecule has 136 valence electrons. The Bertz CT molecular complexity index is 657. The predicted molar refractivity (Wildman–Crippen MR) is 84.7 cm³/mol. The summed E-state index contributed by atoms with van der Waals surface area (Å²) in [6.07, 6.45) is -1.91. The number of alkyl halides is 3. The molecule has 0 aliphatic rings. The Labute approximate surface area is 142 Å². The quantitative estimate of drug-likeness (QED) is 0.757. The van der Waals surface area contributed by atoms with Gasteiger partial charge in [0.25, 0.3) is 0 Å². The molecule has 0 aromatic carbocycles. The topological polar surface area (TPSA) is 86.8 Å². The van der Waals surface area contributed by atoms with Crippen molar-refractivity contribution in [3.05, 3.63) is 35.8 Å². The van der Waals surface area contributed by atoms with Crippen LogP contribution in [0.2, 0.25) is 0 Å². The van der Waals surface area contributed by atoms with Crippen LogP contribution in [0.25, 0.3) is 0 Å². The number of amides is 1. The number of carbonyl (C=O) groups is 1. The van der Waals surface area contributed by atoms with Crippen molar-refractivity contribution in [3.8, 4) is 0 Å². The maximum Gasteiger partial charge on any atom is 0.435 e. The number of carbonyl (C=O) groups excluding carboxylic acids is 1. The summed E-state index contributed by atoms with van der Waals surface area (Å²) < 4.78 is 37.3. The van der Waals surface area contributed by atoms with Crippen LogP contribution in [0, 0.1) is 0 Å². The van der Waals surface area contributed by atoms with Crippen molar-refractivity contribution in [2.24, 2.45) is 0 Å². The fourth-order valence-corrected chi connectivity index (χ4v) is 2.19. The Morgan fingerprint density at radius 2 is 2.04 bits per heavy atom. The predicted octanol–water partition coefficient (Wildman–Crippen LogP) is 2.11. The molecule has 0 spiro atoms. The molecule has 2 aromatic heterocycles. The first-order chi connectivity index (χ1) is 11.9. The monoisotopic (exact) mass is 356 g/mol. The van der Waals surface area contributed by atoms with E-state index in [2.05, 4.69) is 25.7 Å². The minimum atomic E-state index is -4.51. The molecule has 0 fully saturated rings. The Hall–Kier alpha value is -2.65. The molecule has 0 aliphatic heterocycles. The van der Waals surface area contributed by atoms with E-state index in [1.54, 1.807) is 17.2 Å². The van der Waals surface area contributed by atoms with E-state index in [0.717, 1.165) is 18.2 Å². The van der Waals surface area contributed by atoms with Crippen molar-refractivity contribution in [1.82, 2.24) is 25.3 Å². The van der Waals surface area contributed by atoms with Gasteiger partial charge in [-0.15, -0.1) is 10.2 Å². The van der Waals surface area contributed by atoms with Crippen molar-refractivity contribution in [3.63, 3.8) is 0 Å². The summed E-state index contributed by atoms with van der Waals surface area (Å²) in [5.74, 6) is 0.178. The zero-order chi connectivity index (χ0) is 18.3. The molecular weight excluding hydrogens is 337 g/mol. The summed E-state index contributed by atoms with van der Waals surface area (Å²) >= 11 is 0. The third-order valence-electron chi connectivity index (χ3n) is 3.39. The summed E-state index contributed by atoms with van der Waals surface area (Å²) in [7, 11) is 0. The van der Waals surface area contributed by atoms with Gasteiger partial charge in [-0.25, -0.2) is 0 Å². The van der Waals surface area contributed by atoms with Crippen LogP contribution in [-0.4, -0.2) is 50.8 Å². The number of hydrogen-bond donors (Lipinski definition) is 2. The number of nitrogens with one attached hydrogen (secondary N) is 2. The molecule has 0 unspecified atom stereocenters. The van der Waals surface area contributed by atoms with Gasteiger partial charge in [0.2, 0.25) is 5.91 Å². The Balaban J connectivity index is 1.85. The largest absolute Gasteiger partial charge is 0.435 e. The minimum absolute atomic E-state index is 0.0496. The van der Waals surface area contributed by atoms with Gasteiger partial charge < -0.3 is 10.2 Å². The van der Waals surface area contributed by atoms with Gasteiger partial charge in [-0.2, -0.15) is 18.3 Å². The smallest absolute Gasteiger partial charge is 0.367 e. The fourth-order valence-electron chi connectivity index (χ4n) is 2.19. The molecule has 0 aliphatic carbocycles. The highest BCUT2D eigenvalue weighted by Crippen LogP contribution is 2.26. The van der Waals surface area contributed by atoms with Gasteiger partial charge >= 0.3 is 6.18 Å². The van der Waals surface area contributed by atoms with Crippen LogP contribution in [-0.2, 0) is 17.4 Å². The zero-order valence-electron chi connectivity index (χ0n) is 13.7. The van der Waals surface area contributed by atoms with Gasteiger partial charge in [0.15, 0.2) is 5.69 Å². The second-order valence-corrected chi connectivity index (χ2v) is 5.37. The van der Waals surface area contributed by atoms with Crippen molar-refractivity contribution < 1.29 is 18.0 Å². The average molecular weight is 356 g/mol. The normalized spacial score (nSPS) is 11.4. The summed E-state index contributed by atoms with van der Waals surface area (Å²) in [6, 6.07) is 3.81. The summed E-state index contributed by atoms with van der Waals surface area (Å²) in [5, 5.41) is 16.1. The molecule has 2 rings (SSSR count). The second-order valence-electron chi connectivity index (χ2n) is 5.37. The van der Waals surface area contributed by atoms with Crippen molar-refractivity contribution in [1.29, 1.82) is 0 Å². The molecule has 0 saturated heterocycles. The number of aromatic nitrogens is 4. The van der Waals surface area contributed by atoms with Crippen LogP contribution in [0.3, 0.4) is 0 Å². The SMILES string of the molecule is CCCN(CCNc1ccc(C(F)(F)F)nn1)C(=O)Cc1ccn[nH]1. The van der Waals surface area contributed by atoms with Crippen molar-refractivity contribution in [2.45, 2.75) is 25.9 Å². The molecule has 7 nitrogen and oxygen atoms in total. The highest BCUT2D eigenvalue weighted by Gasteiger charge is 2.32. The number of halogens is 3. The van der Waals surface area contributed by atoms with E-state index in [4.69, 9.17) is 0 Å². The van der Waals surface area contributed by atoms with Gasteiger partial charge in [-0.05, 0) is 24.6 Å². The van der Waals surface area contributed by atoms with Gasteiger partial charge in [-0.3, -0.25) is 9.89 Å². The molecule has 1 amide bonds. The van der Waals surface area contributed by atoms with Gasteiger partial charge in [-0.1, -0.05) is 6.92 Å². The average Bonchev–Trinajstić information content (AvgIpc) is 3.06. The summed E-state index contributed by atoms with van der Waals surface area (Å²) in [5.41, 5.74) is -0.312. The second kappa shape index (κ2) is 8.45. The van der Waals surface area contributed by atoms with E-state index in [0.29, 0.717) is 19.6 Å². The van der Waals surface area contributed by atoms with Crippen LogP contribution >= 0.6 is 0 Å². The van der Waals surface area contributed by atoms with Gasteiger partial charge in [0, 0.05) is 31.5 Å². The zero-order valence-corrected chi connectivity index (χ0v) is 13.7. The lowest BCUT2D eigenvalue weighted by molar-refractivity contribution is -0.141. The lowest BCUT2D eigenvalue weighted by atomic mass is 10.2. The standard InChI is InChI=1S/C15H19F3N6O/c1-2-8-24(14(25)10-11-5-6-20-21-11)9-7-19-13-4-3-12(22-23-13)15(16,17)18/h3-6H,2,7-10H2,1H3,(H,19,23)(H,20,21). The number of hydrogen-bond acceptors (Lipinski definition) is 5. The number of nitrogens with zero attached hydrogens (tertiary/aromatic N) is 4. The van der Waals surface area contributed by atoms with Crippen molar-refractivity contribution >= 4 is 11.7 Å². The molecular formula is C15H19F3N6O.